The first-order valence-electron chi connectivity index (χ1n) is 4.45. The van der Waals surface area contributed by atoms with E-state index in [9.17, 15) is 0 Å². The van der Waals surface area contributed by atoms with E-state index in [1.165, 1.54) is 10.6 Å². The summed E-state index contributed by atoms with van der Waals surface area (Å²) in [5, 5.41) is 1.45. The molecular formula is C9H12BBr3Si. The lowest BCUT2D eigenvalue weighted by Crippen LogP contribution is -2.48. The molecule has 0 atom stereocenters. The van der Waals surface area contributed by atoms with E-state index in [0.717, 1.165) is 4.47 Å². The smallest absolute Gasteiger partial charge is 0.150 e. The van der Waals surface area contributed by atoms with Crippen molar-refractivity contribution < 1.29 is 0 Å². The Morgan fingerprint density at radius 1 is 1.29 bits per heavy atom. The fraction of sp³-hybridized carbons (Fsp3) is 0.333. The molecule has 0 fully saturated rings. The molecule has 0 saturated carbocycles. The Labute approximate surface area is 112 Å². The first kappa shape index (κ1) is 13.0. The summed E-state index contributed by atoms with van der Waals surface area (Å²) in [6.45, 7) is 5.35. The summed E-state index contributed by atoms with van der Waals surface area (Å²) >= 11 is 11.0. The van der Waals surface area contributed by atoms with Gasteiger partial charge in [-0.05, 0) is 12.1 Å². The highest BCUT2D eigenvalue weighted by molar-refractivity contribution is 9.26. The molecule has 1 aromatic carbocycles. The maximum atomic E-state index is 3.84. The van der Waals surface area contributed by atoms with E-state index < -0.39 is 6.69 Å². The molecule has 5 heteroatoms. The summed E-state index contributed by atoms with van der Waals surface area (Å²) in [6.07, 6.45) is 0. The predicted octanol–water partition coefficient (Wildman–Crippen LogP) is 3.48. The highest BCUT2D eigenvalue weighted by Gasteiger charge is 2.25. The molecule has 0 radical (unpaired) electrons. The molecule has 0 bridgehead atoms. The Bertz CT molecular complexity index is 333. The van der Waals surface area contributed by atoms with E-state index in [0.29, 0.717) is 5.54 Å². The minimum atomic E-state index is -1.42. The standard InChI is InChI=1S/C9H12BBr3Si/c1-10(12)8-5-4-7(11)6-9(8)14(2,3)13/h4-6H,1-3H3. The summed E-state index contributed by atoms with van der Waals surface area (Å²) in [5.74, 6) is 0. The van der Waals surface area contributed by atoms with Crippen LogP contribution in [-0.2, 0) is 0 Å². The Morgan fingerprint density at radius 3 is 2.29 bits per heavy atom. The third kappa shape index (κ3) is 3.22. The Balaban J connectivity index is 3.30. The number of benzene rings is 1. The molecule has 0 N–H and O–H groups in total. The first-order valence-corrected chi connectivity index (χ1v) is 11.4. The Morgan fingerprint density at radius 2 is 1.86 bits per heavy atom. The lowest BCUT2D eigenvalue weighted by atomic mass is 9.73. The fourth-order valence-corrected chi connectivity index (χ4v) is 5.09. The molecule has 0 amide bonds. The monoisotopic (exact) mass is 396 g/mol. The van der Waals surface area contributed by atoms with Crippen LogP contribution in [0.15, 0.2) is 22.7 Å². The van der Waals surface area contributed by atoms with Crippen molar-refractivity contribution in [2.24, 2.45) is 0 Å². The van der Waals surface area contributed by atoms with Crippen molar-refractivity contribution in [1.82, 2.24) is 0 Å². The minimum Gasteiger partial charge on any atom is -0.150 e. The summed E-state index contributed by atoms with van der Waals surface area (Å²) in [6, 6.07) is 6.52. The first-order chi connectivity index (χ1) is 6.32. The molecule has 76 valence electrons. The van der Waals surface area contributed by atoms with Crippen molar-refractivity contribution in [3.05, 3.63) is 22.7 Å². The molecule has 0 unspecified atom stereocenters. The van der Waals surface area contributed by atoms with Gasteiger partial charge in [0.1, 0.15) is 0 Å². The molecule has 14 heavy (non-hydrogen) atoms. The molecule has 1 aromatic rings. The van der Waals surface area contributed by atoms with Gasteiger partial charge in [-0.2, -0.15) is 15.8 Å². The van der Waals surface area contributed by atoms with Gasteiger partial charge < -0.3 is 0 Å². The molecule has 0 saturated heterocycles. The summed E-state index contributed by atoms with van der Waals surface area (Å²) in [7, 11) is 0. The lowest BCUT2D eigenvalue weighted by molar-refractivity contribution is 1.71. The van der Waals surface area contributed by atoms with Crippen LogP contribution in [0, 0.1) is 0 Å². The quantitative estimate of drug-likeness (QED) is 0.528. The van der Waals surface area contributed by atoms with Gasteiger partial charge in [-0.15, -0.1) is 15.3 Å². The van der Waals surface area contributed by atoms with Gasteiger partial charge in [0.15, 0.2) is 6.69 Å². The van der Waals surface area contributed by atoms with Crippen LogP contribution in [0.4, 0.5) is 0 Å². The second-order valence-corrected chi connectivity index (χ2v) is 15.5. The second-order valence-electron chi connectivity index (χ2n) is 3.82. The normalized spacial score (nSPS) is 11.6. The topological polar surface area (TPSA) is 0 Å². The van der Waals surface area contributed by atoms with E-state index in [4.69, 9.17) is 0 Å². The van der Waals surface area contributed by atoms with E-state index in [1.54, 1.807) is 0 Å². The van der Waals surface area contributed by atoms with Gasteiger partial charge in [-0.25, -0.2) is 0 Å². The average Bonchev–Trinajstić information content (AvgIpc) is 2.01. The number of hydrogen-bond acceptors (Lipinski definition) is 0. The average molecular weight is 399 g/mol. The van der Waals surface area contributed by atoms with Gasteiger partial charge in [0.2, 0.25) is 0 Å². The van der Waals surface area contributed by atoms with Crippen molar-refractivity contribution >= 4 is 69.9 Å². The van der Waals surface area contributed by atoms with E-state index in [-0.39, 0.29) is 0 Å². The van der Waals surface area contributed by atoms with Crippen molar-refractivity contribution in [1.29, 1.82) is 0 Å². The van der Waals surface area contributed by atoms with Crippen LogP contribution in [0.25, 0.3) is 0 Å². The highest BCUT2D eigenvalue weighted by Crippen LogP contribution is 2.15. The van der Waals surface area contributed by atoms with Crippen LogP contribution < -0.4 is 10.6 Å². The van der Waals surface area contributed by atoms with Gasteiger partial charge in [-0.3, -0.25) is 0 Å². The number of halogens is 3. The Kier molecular flexibility index (Phi) is 4.51. The lowest BCUT2D eigenvalue weighted by Gasteiger charge is -2.20. The van der Waals surface area contributed by atoms with E-state index >= 15 is 0 Å². The maximum absolute atomic E-state index is 3.84. The van der Waals surface area contributed by atoms with Gasteiger partial charge in [0, 0.05) is 4.47 Å². The maximum Gasteiger partial charge on any atom is 0.251 e. The van der Waals surface area contributed by atoms with Crippen LogP contribution in [0.2, 0.25) is 19.9 Å². The molecule has 0 heterocycles. The third-order valence-electron chi connectivity index (χ3n) is 2.08. The highest BCUT2D eigenvalue weighted by atomic mass is 79.9. The minimum absolute atomic E-state index is 0.412. The molecule has 0 spiro atoms. The molecule has 0 aliphatic rings. The predicted molar refractivity (Wildman–Crippen MR) is 80.4 cm³/mol. The Hall–Kier alpha value is 0.942. The molecular weight excluding hydrogens is 387 g/mol. The van der Waals surface area contributed by atoms with Crippen LogP contribution in [0.1, 0.15) is 0 Å². The molecule has 0 aliphatic carbocycles. The summed E-state index contributed by atoms with van der Waals surface area (Å²) in [5.41, 5.74) is 1.80. The van der Waals surface area contributed by atoms with E-state index in [1.807, 2.05) is 0 Å². The fourth-order valence-electron chi connectivity index (χ4n) is 1.39. The van der Waals surface area contributed by atoms with E-state index in [2.05, 4.69) is 85.1 Å². The van der Waals surface area contributed by atoms with Gasteiger partial charge in [-0.1, -0.05) is 52.6 Å². The van der Waals surface area contributed by atoms with Crippen LogP contribution in [0.5, 0.6) is 0 Å². The molecule has 0 nitrogen and oxygen atoms in total. The zero-order valence-electron chi connectivity index (χ0n) is 8.44. The van der Waals surface area contributed by atoms with Crippen molar-refractivity contribution in [3.63, 3.8) is 0 Å². The zero-order chi connectivity index (χ0) is 10.9. The van der Waals surface area contributed by atoms with Crippen molar-refractivity contribution in [2.45, 2.75) is 19.9 Å². The summed E-state index contributed by atoms with van der Waals surface area (Å²) < 4.78 is 1.16. The SMILES string of the molecule is CB(Br)c1ccc(Br)cc1[Si](C)(C)Br. The van der Waals surface area contributed by atoms with Crippen LogP contribution in [0.3, 0.4) is 0 Å². The van der Waals surface area contributed by atoms with Gasteiger partial charge >= 0.3 is 0 Å². The largest absolute Gasteiger partial charge is 0.251 e. The van der Waals surface area contributed by atoms with Crippen molar-refractivity contribution in [3.8, 4) is 0 Å². The molecule has 0 aromatic heterocycles. The molecule has 0 aliphatic heterocycles. The number of hydrogen-bond donors (Lipinski definition) is 0. The third-order valence-corrected chi connectivity index (χ3v) is 6.07. The second kappa shape index (κ2) is 4.85. The number of rotatable bonds is 2. The van der Waals surface area contributed by atoms with Gasteiger partial charge in [0.05, 0.1) is 0 Å². The zero-order valence-corrected chi connectivity index (χ0v) is 14.2. The molecule has 1 rings (SSSR count). The van der Waals surface area contributed by atoms with Gasteiger partial charge in [0.25, 0.3) is 5.54 Å². The van der Waals surface area contributed by atoms with Crippen molar-refractivity contribution in [2.75, 3.05) is 0 Å². The van der Waals surface area contributed by atoms with Crippen LogP contribution >= 0.6 is 47.0 Å². The summed E-state index contributed by atoms with van der Waals surface area (Å²) in [4.78, 5) is 0. The van der Waals surface area contributed by atoms with Crippen LogP contribution in [-0.4, -0.2) is 12.2 Å².